The van der Waals surface area contributed by atoms with Crippen molar-refractivity contribution in [3.8, 4) is 0 Å². The smallest absolute Gasteiger partial charge is 0.409 e. The monoisotopic (exact) mass is 549 g/mol. The van der Waals surface area contributed by atoms with Gasteiger partial charge in [-0.05, 0) is 43.3 Å². The molecule has 10 heteroatoms. The first-order valence-electron chi connectivity index (χ1n) is 12.8. The Bertz CT molecular complexity index is 1010. The van der Waals surface area contributed by atoms with Gasteiger partial charge in [0.05, 0.1) is 44.4 Å². The van der Waals surface area contributed by atoms with Crippen LogP contribution in [0.25, 0.3) is 0 Å². The standard InChI is InChI=1S/C27H36ClN3O5S/c1-33-15-16-34-17-18-35-19-20-36-27(32)30-13-11-29(12-14-30)9-4-10-31-23-5-2-3-6-25(23)37-26-8-7-22(28)21-24(26)31/h2-3,5-8,21H,4,9-20H2,1H3. The fourth-order valence-corrected chi connectivity index (χ4v) is 5.64. The zero-order chi connectivity index (χ0) is 25.9. The molecule has 0 aromatic heterocycles. The van der Waals surface area contributed by atoms with Gasteiger partial charge in [-0.15, -0.1) is 0 Å². The molecule has 1 saturated heterocycles. The third kappa shape index (κ3) is 8.24. The predicted molar refractivity (Wildman–Crippen MR) is 147 cm³/mol. The number of benzene rings is 2. The molecule has 0 aliphatic carbocycles. The number of ether oxygens (including phenoxy) is 4. The van der Waals surface area contributed by atoms with Crippen LogP contribution < -0.4 is 4.90 Å². The summed E-state index contributed by atoms with van der Waals surface area (Å²) in [5, 5.41) is 0.755. The van der Waals surface area contributed by atoms with E-state index in [0.29, 0.717) is 46.1 Å². The van der Waals surface area contributed by atoms with Crippen molar-refractivity contribution in [2.45, 2.75) is 16.2 Å². The van der Waals surface area contributed by atoms with Crippen molar-refractivity contribution < 1.29 is 23.7 Å². The molecule has 0 radical (unpaired) electrons. The first-order chi connectivity index (χ1) is 18.2. The lowest BCUT2D eigenvalue weighted by Gasteiger charge is -2.36. The molecule has 2 aromatic rings. The average molecular weight is 550 g/mol. The van der Waals surface area contributed by atoms with Crippen LogP contribution in [0, 0.1) is 0 Å². The second kappa shape index (κ2) is 14.8. The van der Waals surface area contributed by atoms with Crippen LogP contribution in [0.4, 0.5) is 16.2 Å². The summed E-state index contributed by atoms with van der Waals surface area (Å²) in [7, 11) is 1.64. The number of carbonyl (C=O) groups is 1. The average Bonchev–Trinajstić information content (AvgIpc) is 2.92. The van der Waals surface area contributed by atoms with Gasteiger partial charge < -0.3 is 28.7 Å². The van der Waals surface area contributed by atoms with Crippen molar-refractivity contribution in [1.82, 2.24) is 9.80 Å². The summed E-state index contributed by atoms with van der Waals surface area (Å²) in [6.45, 7) is 7.64. The summed E-state index contributed by atoms with van der Waals surface area (Å²) in [4.78, 5) is 21.4. The van der Waals surface area contributed by atoms with E-state index in [2.05, 4.69) is 46.2 Å². The Morgan fingerprint density at radius 2 is 1.57 bits per heavy atom. The lowest BCUT2D eigenvalue weighted by molar-refractivity contribution is 0.00757. The Morgan fingerprint density at radius 1 is 0.865 bits per heavy atom. The van der Waals surface area contributed by atoms with Crippen LogP contribution in [0.5, 0.6) is 0 Å². The van der Waals surface area contributed by atoms with Crippen LogP contribution in [0.2, 0.25) is 5.02 Å². The van der Waals surface area contributed by atoms with Gasteiger partial charge in [0.15, 0.2) is 0 Å². The first kappa shape index (κ1) is 28.0. The van der Waals surface area contributed by atoms with E-state index in [9.17, 15) is 4.79 Å². The fourth-order valence-electron chi connectivity index (χ4n) is 4.39. The molecule has 37 heavy (non-hydrogen) atoms. The van der Waals surface area contributed by atoms with Gasteiger partial charge in [0.25, 0.3) is 0 Å². The van der Waals surface area contributed by atoms with E-state index in [1.54, 1.807) is 23.8 Å². The quantitative estimate of drug-likeness (QED) is 0.331. The van der Waals surface area contributed by atoms with Crippen LogP contribution in [0.1, 0.15) is 6.42 Å². The molecule has 0 saturated carbocycles. The molecular formula is C27H36ClN3O5S. The van der Waals surface area contributed by atoms with Crippen LogP contribution >= 0.6 is 23.4 Å². The van der Waals surface area contributed by atoms with Gasteiger partial charge in [-0.25, -0.2) is 4.79 Å². The largest absolute Gasteiger partial charge is 0.447 e. The topological polar surface area (TPSA) is 63.7 Å². The van der Waals surface area contributed by atoms with Crippen molar-refractivity contribution in [1.29, 1.82) is 0 Å². The Morgan fingerprint density at radius 3 is 2.35 bits per heavy atom. The number of para-hydroxylation sites is 1. The van der Waals surface area contributed by atoms with Crippen molar-refractivity contribution >= 4 is 40.8 Å². The number of piperazine rings is 1. The van der Waals surface area contributed by atoms with Gasteiger partial charge in [0, 0.05) is 54.6 Å². The van der Waals surface area contributed by atoms with Crippen LogP contribution in [0.3, 0.4) is 0 Å². The summed E-state index contributed by atoms with van der Waals surface area (Å²) in [5.74, 6) is 0. The van der Waals surface area contributed by atoms with Gasteiger partial charge in [0.2, 0.25) is 0 Å². The Balaban J connectivity index is 1.14. The van der Waals surface area contributed by atoms with Gasteiger partial charge in [-0.3, -0.25) is 4.90 Å². The molecule has 0 N–H and O–H groups in total. The van der Waals surface area contributed by atoms with Crippen molar-refractivity contribution in [3.05, 3.63) is 47.5 Å². The second-order valence-corrected chi connectivity index (χ2v) is 10.4. The molecule has 0 bridgehead atoms. The van der Waals surface area contributed by atoms with E-state index < -0.39 is 0 Å². The molecule has 202 valence electrons. The van der Waals surface area contributed by atoms with E-state index >= 15 is 0 Å². The number of nitrogens with zero attached hydrogens (tertiary/aromatic N) is 3. The summed E-state index contributed by atoms with van der Waals surface area (Å²) in [6.07, 6.45) is 0.748. The van der Waals surface area contributed by atoms with Crippen molar-refractivity contribution in [2.75, 3.05) is 90.9 Å². The minimum atomic E-state index is -0.268. The molecule has 0 unspecified atom stereocenters. The van der Waals surface area contributed by atoms with Crippen molar-refractivity contribution in [2.24, 2.45) is 0 Å². The van der Waals surface area contributed by atoms with Crippen LogP contribution in [-0.2, 0) is 18.9 Å². The molecule has 1 fully saturated rings. The lowest BCUT2D eigenvalue weighted by Crippen LogP contribution is -2.49. The number of anilines is 2. The Kier molecular flexibility index (Phi) is 11.2. The minimum absolute atomic E-state index is 0.248. The molecular weight excluding hydrogens is 514 g/mol. The highest BCUT2D eigenvalue weighted by molar-refractivity contribution is 7.99. The number of hydrogen-bond donors (Lipinski definition) is 0. The first-order valence-corrected chi connectivity index (χ1v) is 14.0. The van der Waals surface area contributed by atoms with Gasteiger partial charge in [-0.1, -0.05) is 35.5 Å². The van der Waals surface area contributed by atoms with E-state index in [1.807, 2.05) is 6.07 Å². The third-order valence-electron chi connectivity index (χ3n) is 6.33. The van der Waals surface area contributed by atoms with Gasteiger partial charge >= 0.3 is 6.09 Å². The zero-order valence-corrected chi connectivity index (χ0v) is 23.0. The summed E-state index contributed by atoms with van der Waals surface area (Å²) >= 11 is 8.13. The maximum absolute atomic E-state index is 12.4. The van der Waals surface area contributed by atoms with Crippen LogP contribution in [-0.4, -0.2) is 102 Å². The molecule has 2 aliphatic rings. The maximum Gasteiger partial charge on any atom is 0.409 e. The van der Waals surface area contributed by atoms with E-state index in [1.165, 1.54) is 21.2 Å². The molecule has 2 heterocycles. The summed E-state index contributed by atoms with van der Waals surface area (Å²) in [5.41, 5.74) is 2.41. The number of amides is 1. The molecule has 4 rings (SSSR count). The third-order valence-corrected chi connectivity index (χ3v) is 7.70. The molecule has 2 aliphatic heterocycles. The number of carbonyl (C=O) groups excluding carboxylic acids is 1. The number of halogens is 1. The number of hydrogen-bond acceptors (Lipinski definition) is 8. The zero-order valence-electron chi connectivity index (χ0n) is 21.4. The second-order valence-electron chi connectivity index (χ2n) is 8.85. The molecule has 0 spiro atoms. The van der Waals surface area contributed by atoms with E-state index in [0.717, 1.165) is 37.6 Å². The molecule has 0 atom stereocenters. The number of methoxy groups -OCH3 is 1. The number of fused-ring (bicyclic) bond motifs is 2. The lowest BCUT2D eigenvalue weighted by atomic mass is 10.2. The Hall–Kier alpha value is -2.01. The van der Waals surface area contributed by atoms with E-state index in [-0.39, 0.29) is 12.7 Å². The molecule has 2 aromatic carbocycles. The number of rotatable bonds is 13. The van der Waals surface area contributed by atoms with Gasteiger partial charge in [-0.2, -0.15) is 0 Å². The van der Waals surface area contributed by atoms with Gasteiger partial charge in [0.1, 0.15) is 6.61 Å². The summed E-state index contributed by atoms with van der Waals surface area (Å²) in [6, 6.07) is 14.7. The SMILES string of the molecule is COCCOCCOCCOC(=O)N1CCN(CCCN2c3ccccc3Sc3ccc(Cl)cc32)CC1. The predicted octanol–water partition coefficient (Wildman–Crippen LogP) is 4.77. The Labute approximate surface area is 228 Å². The normalized spacial score (nSPS) is 15.4. The van der Waals surface area contributed by atoms with E-state index in [4.69, 9.17) is 30.5 Å². The highest BCUT2D eigenvalue weighted by atomic mass is 35.5. The molecule has 8 nitrogen and oxygen atoms in total. The highest BCUT2D eigenvalue weighted by Gasteiger charge is 2.25. The molecule has 1 amide bonds. The van der Waals surface area contributed by atoms with Crippen LogP contribution in [0.15, 0.2) is 52.3 Å². The highest BCUT2D eigenvalue weighted by Crippen LogP contribution is 2.48. The maximum atomic E-state index is 12.4. The minimum Gasteiger partial charge on any atom is -0.447 e. The fraction of sp³-hybridized carbons (Fsp3) is 0.519. The van der Waals surface area contributed by atoms with Crippen molar-refractivity contribution in [3.63, 3.8) is 0 Å². The summed E-state index contributed by atoms with van der Waals surface area (Å²) < 4.78 is 21.0.